The monoisotopic (exact) mass is 297 g/mol. The van der Waals surface area contributed by atoms with E-state index in [1.54, 1.807) is 0 Å². The maximum absolute atomic E-state index is 11.3. The highest BCUT2D eigenvalue weighted by atomic mass is 31.2. The van der Waals surface area contributed by atoms with Crippen molar-refractivity contribution in [2.75, 3.05) is 0 Å². The Bertz CT molecular complexity index is 369. The first-order valence-corrected chi connectivity index (χ1v) is 7.33. The molecule has 10 heteroatoms. The molecule has 0 heterocycles. The fourth-order valence-electron chi connectivity index (χ4n) is 1.26. The maximum Gasteiger partial charge on any atom is 0.342 e. The van der Waals surface area contributed by atoms with Crippen LogP contribution in [-0.2, 0) is 14.2 Å². The van der Waals surface area contributed by atoms with Crippen molar-refractivity contribution >= 4 is 19.5 Å². The third-order valence-corrected chi connectivity index (χ3v) is 3.58. The zero-order valence-electron chi connectivity index (χ0n) is 10.5. The molecule has 0 fully saturated rings. The predicted molar refractivity (Wildman–Crippen MR) is 67.1 cm³/mol. The van der Waals surface area contributed by atoms with Crippen molar-refractivity contribution in [2.45, 2.75) is 44.1 Å². The van der Waals surface area contributed by atoms with Crippen molar-refractivity contribution in [2.24, 2.45) is 11.5 Å². The van der Waals surface area contributed by atoms with E-state index in [4.69, 9.17) is 26.4 Å². The number of rotatable bonds is 8. The van der Waals surface area contributed by atoms with Gasteiger partial charge in [0.2, 0.25) is 5.91 Å². The molecule has 0 aromatic carbocycles. The van der Waals surface area contributed by atoms with Crippen molar-refractivity contribution in [1.82, 2.24) is 5.32 Å². The van der Waals surface area contributed by atoms with Gasteiger partial charge in [0.1, 0.15) is 11.8 Å². The van der Waals surface area contributed by atoms with Crippen LogP contribution < -0.4 is 16.8 Å². The lowest BCUT2D eigenvalue weighted by atomic mass is 10.1. The molecule has 0 aliphatic heterocycles. The molecule has 0 aromatic heterocycles. The maximum atomic E-state index is 11.3. The van der Waals surface area contributed by atoms with Crippen LogP contribution in [0.25, 0.3) is 0 Å². The second-order valence-electron chi connectivity index (χ2n) is 4.28. The summed E-state index contributed by atoms with van der Waals surface area (Å²) in [6, 6.07) is -1.98. The molecular formula is C9H20N3O6P. The summed E-state index contributed by atoms with van der Waals surface area (Å²) in [7, 11) is -4.36. The Hall–Kier alpha value is -0.990. The number of aliphatic carboxylic acids is 1. The Kier molecular flexibility index (Phi) is 7.17. The van der Waals surface area contributed by atoms with Gasteiger partial charge in [-0.3, -0.25) is 9.36 Å². The standard InChI is InChI=1S/C9H20N3O6P/c1-5(10)8(13)12-6(9(14)15)3-2-4-7(11)19(16,17)18/h5-7H,2-4,10-11H2,1H3,(H,12,13)(H,14,15)(H2,16,17,18)/t5-,6+,7+/m0/s1. The summed E-state index contributed by atoms with van der Waals surface area (Å²) in [5.41, 5.74) is 10.5. The summed E-state index contributed by atoms with van der Waals surface area (Å²) in [5.74, 6) is -3.17. The molecule has 0 rings (SSSR count). The van der Waals surface area contributed by atoms with E-state index in [9.17, 15) is 14.2 Å². The number of hydrogen-bond donors (Lipinski definition) is 6. The van der Waals surface area contributed by atoms with Crippen molar-refractivity contribution in [3.05, 3.63) is 0 Å². The molecule has 3 atom stereocenters. The molecule has 0 radical (unpaired) electrons. The molecule has 1 amide bonds. The second kappa shape index (κ2) is 7.56. The van der Waals surface area contributed by atoms with Gasteiger partial charge in [-0.15, -0.1) is 0 Å². The van der Waals surface area contributed by atoms with Gasteiger partial charge >= 0.3 is 13.6 Å². The van der Waals surface area contributed by atoms with E-state index in [0.29, 0.717) is 0 Å². The molecule has 0 aromatic rings. The van der Waals surface area contributed by atoms with Gasteiger partial charge in [0.15, 0.2) is 0 Å². The van der Waals surface area contributed by atoms with Crippen molar-refractivity contribution in [3.8, 4) is 0 Å². The molecule has 0 unspecified atom stereocenters. The predicted octanol–water partition coefficient (Wildman–Crippen LogP) is -1.46. The van der Waals surface area contributed by atoms with Crippen LogP contribution in [0.3, 0.4) is 0 Å². The Morgan fingerprint density at radius 3 is 2.16 bits per heavy atom. The Morgan fingerprint density at radius 1 is 1.26 bits per heavy atom. The minimum absolute atomic E-state index is 0.0154. The van der Waals surface area contributed by atoms with Crippen LogP contribution in [0.15, 0.2) is 0 Å². The van der Waals surface area contributed by atoms with Crippen molar-refractivity contribution in [3.63, 3.8) is 0 Å². The molecule has 9 nitrogen and oxygen atoms in total. The number of nitrogens with two attached hydrogens (primary N) is 2. The van der Waals surface area contributed by atoms with E-state index in [1.807, 2.05) is 0 Å². The summed E-state index contributed by atoms with van der Waals surface area (Å²) < 4.78 is 10.8. The quantitative estimate of drug-likeness (QED) is 0.294. The second-order valence-corrected chi connectivity index (χ2v) is 6.12. The molecule has 112 valence electrons. The van der Waals surface area contributed by atoms with Gasteiger partial charge in [0.25, 0.3) is 0 Å². The van der Waals surface area contributed by atoms with Gasteiger partial charge in [0, 0.05) is 0 Å². The van der Waals surface area contributed by atoms with E-state index < -0.39 is 37.3 Å². The Morgan fingerprint density at radius 2 is 1.79 bits per heavy atom. The van der Waals surface area contributed by atoms with Crippen molar-refractivity contribution < 1.29 is 29.0 Å². The lowest BCUT2D eigenvalue weighted by molar-refractivity contribution is -0.142. The van der Waals surface area contributed by atoms with Crippen LogP contribution in [-0.4, -0.2) is 44.6 Å². The zero-order valence-corrected chi connectivity index (χ0v) is 11.4. The highest BCUT2D eigenvalue weighted by Crippen LogP contribution is 2.40. The molecule has 0 saturated heterocycles. The number of nitrogens with one attached hydrogen (secondary N) is 1. The number of carboxylic acids is 1. The van der Waals surface area contributed by atoms with E-state index in [-0.39, 0.29) is 19.3 Å². The summed E-state index contributed by atoms with van der Waals surface area (Å²) in [6.45, 7) is 1.41. The fourth-order valence-corrected chi connectivity index (χ4v) is 1.78. The summed E-state index contributed by atoms with van der Waals surface area (Å²) in [5, 5.41) is 11.1. The molecule has 19 heavy (non-hydrogen) atoms. The number of carbonyl (C=O) groups excluding carboxylic acids is 1. The van der Waals surface area contributed by atoms with E-state index in [0.717, 1.165) is 0 Å². The molecule has 0 aliphatic carbocycles. The van der Waals surface area contributed by atoms with E-state index >= 15 is 0 Å². The first kappa shape index (κ1) is 18.0. The van der Waals surface area contributed by atoms with Gasteiger partial charge in [0.05, 0.1) is 6.04 Å². The van der Waals surface area contributed by atoms with Crippen LogP contribution >= 0.6 is 7.60 Å². The number of amides is 1. The van der Waals surface area contributed by atoms with Crippen LogP contribution in [0.2, 0.25) is 0 Å². The van der Waals surface area contributed by atoms with E-state index in [1.165, 1.54) is 6.92 Å². The summed E-state index contributed by atoms with van der Waals surface area (Å²) >= 11 is 0. The van der Waals surface area contributed by atoms with Crippen molar-refractivity contribution in [1.29, 1.82) is 0 Å². The third kappa shape index (κ3) is 7.24. The van der Waals surface area contributed by atoms with Crippen LogP contribution in [0.1, 0.15) is 26.2 Å². The lowest BCUT2D eigenvalue weighted by Gasteiger charge is -2.17. The van der Waals surface area contributed by atoms with Crippen LogP contribution in [0.5, 0.6) is 0 Å². The Labute approximate surface area is 110 Å². The highest BCUT2D eigenvalue weighted by Gasteiger charge is 2.26. The molecule has 0 spiro atoms. The van der Waals surface area contributed by atoms with Gasteiger partial charge in [-0.25, -0.2) is 4.79 Å². The fraction of sp³-hybridized carbons (Fsp3) is 0.778. The molecule has 0 bridgehead atoms. The van der Waals surface area contributed by atoms with Gasteiger partial charge in [-0.2, -0.15) is 0 Å². The molecule has 8 N–H and O–H groups in total. The summed E-state index contributed by atoms with van der Waals surface area (Å²) in [6.07, 6.45) is 0.131. The minimum atomic E-state index is -4.36. The summed E-state index contributed by atoms with van der Waals surface area (Å²) in [4.78, 5) is 39.7. The number of carboxylic acid groups (broad SMARTS) is 1. The zero-order chi connectivity index (χ0) is 15.2. The topological polar surface area (TPSA) is 176 Å². The normalized spacial score (nSPS) is 16.5. The van der Waals surface area contributed by atoms with E-state index in [2.05, 4.69) is 5.32 Å². The van der Waals surface area contributed by atoms with Crippen LogP contribution in [0.4, 0.5) is 0 Å². The largest absolute Gasteiger partial charge is 0.480 e. The Balaban J connectivity index is 4.28. The smallest absolute Gasteiger partial charge is 0.342 e. The first-order valence-electron chi connectivity index (χ1n) is 5.65. The molecule has 0 aliphatic rings. The SMILES string of the molecule is C[C@H](N)C(=O)N[C@H](CCC[C@H](N)P(=O)(O)O)C(=O)O. The number of carbonyl (C=O) groups is 2. The van der Waals surface area contributed by atoms with Gasteiger partial charge in [-0.05, 0) is 26.2 Å². The average molecular weight is 297 g/mol. The molecule has 0 saturated carbocycles. The average Bonchev–Trinajstić information content (AvgIpc) is 2.25. The van der Waals surface area contributed by atoms with Gasteiger partial charge < -0.3 is 31.7 Å². The first-order chi connectivity index (χ1) is 8.55. The minimum Gasteiger partial charge on any atom is -0.480 e. The third-order valence-electron chi connectivity index (χ3n) is 2.45. The highest BCUT2D eigenvalue weighted by molar-refractivity contribution is 7.52. The molecular weight excluding hydrogens is 277 g/mol. The number of hydrogen-bond acceptors (Lipinski definition) is 5. The van der Waals surface area contributed by atoms with Crippen LogP contribution in [0, 0.1) is 0 Å². The lowest BCUT2D eigenvalue weighted by Crippen LogP contribution is -2.47. The van der Waals surface area contributed by atoms with Gasteiger partial charge in [-0.1, -0.05) is 0 Å².